The van der Waals surface area contributed by atoms with E-state index in [4.69, 9.17) is 9.47 Å². The Hall–Kier alpha value is -2.21. The van der Waals surface area contributed by atoms with E-state index < -0.39 is 0 Å². The first-order valence-electron chi connectivity index (χ1n) is 8.21. The monoisotopic (exact) mass is 344 g/mol. The van der Waals surface area contributed by atoms with Crippen LogP contribution in [0.1, 0.15) is 17.4 Å². The van der Waals surface area contributed by atoms with Crippen molar-refractivity contribution >= 4 is 22.9 Å². The molecule has 3 heterocycles. The number of hydrogen-bond acceptors (Lipinski definition) is 5. The number of carbonyl (C=O) groups is 1. The summed E-state index contributed by atoms with van der Waals surface area (Å²) in [6.45, 7) is 4.54. The summed E-state index contributed by atoms with van der Waals surface area (Å²) in [5.74, 6) is 1.61. The predicted molar refractivity (Wildman–Crippen MR) is 94.0 cm³/mol. The van der Waals surface area contributed by atoms with Gasteiger partial charge in [-0.1, -0.05) is 0 Å². The van der Waals surface area contributed by atoms with Crippen LogP contribution in [0.3, 0.4) is 0 Å². The van der Waals surface area contributed by atoms with Gasteiger partial charge in [0.1, 0.15) is 19.3 Å². The molecule has 2 aliphatic rings. The minimum Gasteiger partial charge on any atom is -0.486 e. The number of amides is 1. The van der Waals surface area contributed by atoms with Crippen LogP contribution in [0.2, 0.25) is 0 Å². The third-order valence-corrected chi connectivity index (χ3v) is 5.44. The molecule has 1 aromatic carbocycles. The van der Waals surface area contributed by atoms with Crippen molar-refractivity contribution in [1.29, 1.82) is 0 Å². The maximum atomic E-state index is 12.7. The van der Waals surface area contributed by atoms with E-state index in [2.05, 4.69) is 16.8 Å². The lowest BCUT2D eigenvalue weighted by Crippen LogP contribution is -2.43. The molecule has 126 valence electrons. The van der Waals surface area contributed by atoms with Crippen LogP contribution < -0.4 is 14.8 Å². The fourth-order valence-corrected chi connectivity index (χ4v) is 4.04. The van der Waals surface area contributed by atoms with Crippen molar-refractivity contribution in [1.82, 2.24) is 4.90 Å². The molecule has 1 atom stereocenters. The second-order valence-electron chi connectivity index (χ2n) is 6.10. The first-order valence-corrected chi connectivity index (χ1v) is 9.09. The van der Waals surface area contributed by atoms with Gasteiger partial charge in [0.25, 0.3) is 0 Å². The Balaban J connectivity index is 1.42. The number of hydrogen-bond donors (Lipinski definition) is 1. The molecule has 2 aliphatic heterocycles. The second kappa shape index (κ2) is 6.36. The first kappa shape index (κ1) is 15.3. The van der Waals surface area contributed by atoms with Crippen LogP contribution in [0.25, 0.3) is 0 Å². The SMILES string of the molecule is C[C@H](Nc1ccc2c(c1)OCCO2)C(=O)N1CCc2sccc2C1. The van der Waals surface area contributed by atoms with Gasteiger partial charge in [-0.15, -0.1) is 11.3 Å². The Bertz CT molecular complexity index is 758. The molecular formula is C18H20N2O3S. The van der Waals surface area contributed by atoms with Crippen LogP contribution in [0.15, 0.2) is 29.6 Å². The van der Waals surface area contributed by atoms with E-state index in [1.54, 1.807) is 11.3 Å². The average molecular weight is 344 g/mol. The van der Waals surface area contributed by atoms with Gasteiger partial charge in [0.2, 0.25) is 5.91 Å². The Morgan fingerprint density at radius 3 is 2.96 bits per heavy atom. The number of carbonyl (C=O) groups excluding carboxylic acids is 1. The number of nitrogens with zero attached hydrogens (tertiary/aromatic N) is 1. The molecule has 0 spiro atoms. The van der Waals surface area contributed by atoms with E-state index in [0.717, 1.165) is 30.2 Å². The zero-order chi connectivity index (χ0) is 16.5. The number of benzene rings is 1. The number of nitrogens with one attached hydrogen (secondary N) is 1. The lowest BCUT2D eigenvalue weighted by atomic mass is 10.1. The van der Waals surface area contributed by atoms with Gasteiger partial charge in [-0.25, -0.2) is 0 Å². The summed E-state index contributed by atoms with van der Waals surface area (Å²) in [7, 11) is 0. The summed E-state index contributed by atoms with van der Waals surface area (Å²) in [5, 5.41) is 5.39. The van der Waals surface area contributed by atoms with Gasteiger partial charge in [0.05, 0.1) is 0 Å². The Kier molecular flexibility index (Phi) is 4.06. The van der Waals surface area contributed by atoms with Crippen molar-refractivity contribution in [3.05, 3.63) is 40.1 Å². The van der Waals surface area contributed by atoms with E-state index in [1.165, 1.54) is 10.4 Å². The van der Waals surface area contributed by atoms with Crippen LogP contribution in [0.5, 0.6) is 11.5 Å². The minimum absolute atomic E-state index is 0.127. The van der Waals surface area contributed by atoms with E-state index in [9.17, 15) is 4.79 Å². The molecule has 6 heteroatoms. The van der Waals surface area contributed by atoms with Crippen molar-refractivity contribution in [3.63, 3.8) is 0 Å². The number of thiophene rings is 1. The quantitative estimate of drug-likeness (QED) is 0.930. The van der Waals surface area contributed by atoms with Crippen molar-refractivity contribution in [2.45, 2.75) is 25.9 Å². The van der Waals surface area contributed by atoms with E-state index in [-0.39, 0.29) is 11.9 Å². The van der Waals surface area contributed by atoms with Crippen LogP contribution in [0.4, 0.5) is 5.69 Å². The lowest BCUT2D eigenvalue weighted by Gasteiger charge is -2.30. The smallest absolute Gasteiger partial charge is 0.245 e. The molecule has 0 saturated carbocycles. The second-order valence-corrected chi connectivity index (χ2v) is 7.10. The highest BCUT2D eigenvalue weighted by molar-refractivity contribution is 7.10. The number of rotatable bonds is 3. The molecule has 1 aromatic heterocycles. The summed E-state index contributed by atoms with van der Waals surface area (Å²) in [6, 6.07) is 7.54. The maximum absolute atomic E-state index is 12.7. The molecule has 0 saturated heterocycles. The van der Waals surface area contributed by atoms with E-state index in [0.29, 0.717) is 19.8 Å². The Morgan fingerprint density at radius 2 is 2.08 bits per heavy atom. The Morgan fingerprint density at radius 1 is 1.25 bits per heavy atom. The molecule has 0 fully saturated rings. The molecule has 1 amide bonds. The number of ether oxygens (including phenoxy) is 2. The van der Waals surface area contributed by atoms with Gasteiger partial charge in [-0.2, -0.15) is 0 Å². The summed E-state index contributed by atoms with van der Waals surface area (Å²) in [5.41, 5.74) is 2.15. The highest BCUT2D eigenvalue weighted by atomic mass is 32.1. The maximum Gasteiger partial charge on any atom is 0.245 e. The van der Waals surface area contributed by atoms with Crippen LogP contribution in [0, 0.1) is 0 Å². The van der Waals surface area contributed by atoms with Gasteiger partial charge in [0, 0.05) is 29.7 Å². The van der Waals surface area contributed by atoms with Crippen molar-refractivity contribution in [2.75, 3.05) is 25.1 Å². The van der Waals surface area contributed by atoms with Gasteiger partial charge in [0.15, 0.2) is 11.5 Å². The zero-order valence-corrected chi connectivity index (χ0v) is 14.4. The fourth-order valence-electron chi connectivity index (χ4n) is 3.16. The molecule has 24 heavy (non-hydrogen) atoms. The molecule has 4 rings (SSSR count). The molecule has 5 nitrogen and oxygen atoms in total. The average Bonchev–Trinajstić information content (AvgIpc) is 3.08. The molecule has 0 radical (unpaired) electrons. The molecule has 0 bridgehead atoms. The third-order valence-electron chi connectivity index (χ3n) is 4.42. The predicted octanol–water partition coefficient (Wildman–Crippen LogP) is 2.90. The molecule has 2 aromatic rings. The van der Waals surface area contributed by atoms with Crippen LogP contribution >= 0.6 is 11.3 Å². The Labute approximate surface area is 145 Å². The van der Waals surface area contributed by atoms with Crippen molar-refractivity contribution < 1.29 is 14.3 Å². The van der Waals surface area contributed by atoms with Crippen LogP contribution in [-0.2, 0) is 17.8 Å². The topological polar surface area (TPSA) is 50.8 Å². The largest absolute Gasteiger partial charge is 0.486 e. The van der Waals surface area contributed by atoms with Gasteiger partial charge in [-0.3, -0.25) is 4.79 Å². The van der Waals surface area contributed by atoms with Gasteiger partial charge >= 0.3 is 0 Å². The third kappa shape index (κ3) is 2.94. The van der Waals surface area contributed by atoms with Crippen molar-refractivity contribution in [3.8, 4) is 11.5 Å². The number of anilines is 1. The first-order chi connectivity index (χ1) is 11.7. The molecule has 1 N–H and O–H groups in total. The highest BCUT2D eigenvalue weighted by Crippen LogP contribution is 2.33. The minimum atomic E-state index is -0.284. The van der Waals surface area contributed by atoms with E-state index >= 15 is 0 Å². The van der Waals surface area contributed by atoms with Gasteiger partial charge < -0.3 is 19.7 Å². The summed E-state index contributed by atoms with van der Waals surface area (Å²) < 4.78 is 11.1. The number of fused-ring (bicyclic) bond motifs is 2. The molecule has 0 unspecified atom stereocenters. The normalized spacial score (nSPS) is 17.1. The lowest BCUT2D eigenvalue weighted by molar-refractivity contribution is -0.132. The van der Waals surface area contributed by atoms with Gasteiger partial charge in [-0.05, 0) is 42.5 Å². The highest BCUT2D eigenvalue weighted by Gasteiger charge is 2.25. The summed E-state index contributed by atoms with van der Waals surface area (Å²) in [4.78, 5) is 16.1. The molecule has 0 aliphatic carbocycles. The zero-order valence-electron chi connectivity index (χ0n) is 13.6. The van der Waals surface area contributed by atoms with Crippen molar-refractivity contribution in [2.24, 2.45) is 0 Å². The van der Waals surface area contributed by atoms with Crippen LogP contribution in [-0.4, -0.2) is 36.6 Å². The standard InChI is InChI=1S/C18H20N2O3S/c1-12(18(21)20-6-4-17-13(11-20)5-9-24-17)19-14-2-3-15-16(10-14)23-8-7-22-15/h2-3,5,9-10,12,19H,4,6-8,11H2,1H3/t12-/m0/s1. The summed E-state index contributed by atoms with van der Waals surface area (Å²) in [6.07, 6.45) is 0.954. The summed E-state index contributed by atoms with van der Waals surface area (Å²) >= 11 is 1.78. The molecular weight excluding hydrogens is 324 g/mol. The fraction of sp³-hybridized carbons (Fsp3) is 0.389. The van der Waals surface area contributed by atoms with E-state index in [1.807, 2.05) is 30.0 Å².